The molecule has 1 aromatic carbocycles. The molecule has 98 valence electrons. The van der Waals surface area contributed by atoms with Crippen LogP contribution in [0.5, 0.6) is 0 Å². The highest BCUT2D eigenvalue weighted by atomic mass is 16.1. The number of benzene rings is 1. The van der Waals surface area contributed by atoms with Gasteiger partial charge in [-0.25, -0.2) is 0 Å². The van der Waals surface area contributed by atoms with Crippen LogP contribution in [-0.4, -0.2) is 24.5 Å². The minimum atomic E-state index is 0.0564. The van der Waals surface area contributed by atoms with Crippen LogP contribution in [-0.2, 0) is 0 Å². The summed E-state index contributed by atoms with van der Waals surface area (Å²) in [5.74, 6) is 0.0564. The molecule has 1 aromatic rings. The Morgan fingerprint density at radius 1 is 1.28 bits per heavy atom. The molecule has 0 saturated carbocycles. The van der Waals surface area contributed by atoms with Crippen molar-refractivity contribution in [3.05, 3.63) is 34.9 Å². The molecule has 0 aromatic heterocycles. The molecule has 2 unspecified atom stereocenters. The second-order valence-electron chi connectivity index (χ2n) is 5.43. The molecule has 1 fully saturated rings. The summed E-state index contributed by atoms with van der Waals surface area (Å²) in [6.07, 6.45) is 2.03. The molecule has 2 atom stereocenters. The molecule has 0 radical (unpaired) electrons. The molecule has 2 N–H and O–H groups in total. The maximum atomic E-state index is 12.2. The van der Waals surface area contributed by atoms with E-state index in [0.29, 0.717) is 12.1 Å². The first-order valence-electron chi connectivity index (χ1n) is 6.67. The van der Waals surface area contributed by atoms with Crippen LogP contribution in [0.1, 0.15) is 41.3 Å². The first-order valence-corrected chi connectivity index (χ1v) is 6.67. The fourth-order valence-electron chi connectivity index (χ4n) is 2.64. The van der Waals surface area contributed by atoms with Crippen LogP contribution in [0, 0.1) is 13.8 Å². The van der Waals surface area contributed by atoms with Crippen LogP contribution >= 0.6 is 0 Å². The van der Waals surface area contributed by atoms with Crippen molar-refractivity contribution in [1.29, 1.82) is 0 Å². The number of carbonyl (C=O) groups excluding carboxylic acids is 1. The van der Waals surface area contributed by atoms with Gasteiger partial charge < -0.3 is 10.6 Å². The fourth-order valence-corrected chi connectivity index (χ4v) is 2.64. The first kappa shape index (κ1) is 13.1. The Morgan fingerprint density at radius 2 is 1.94 bits per heavy atom. The predicted octanol–water partition coefficient (Wildman–Crippen LogP) is 2.17. The van der Waals surface area contributed by atoms with Gasteiger partial charge in [0.2, 0.25) is 0 Å². The summed E-state index contributed by atoms with van der Waals surface area (Å²) in [5.41, 5.74) is 3.05. The van der Waals surface area contributed by atoms with Gasteiger partial charge in [0, 0.05) is 17.6 Å². The van der Waals surface area contributed by atoms with Gasteiger partial charge in [0.05, 0.1) is 0 Å². The van der Waals surface area contributed by atoms with E-state index < -0.39 is 0 Å². The van der Waals surface area contributed by atoms with Crippen molar-refractivity contribution in [2.45, 2.75) is 45.7 Å². The molecular formula is C15H22N2O. The van der Waals surface area contributed by atoms with Gasteiger partial charge in [0.15, 0.2) is 0 Å². The highest BCUT2D eigenvalue weighted by Gasteiger charge is 2.20. The maximum Gasteiger partial charge on any atom is 0.251 e. The second kappa shape index (κ2) is 5.53. The normalized spacial score (nSPS) is 23.7. The molecule has 3 heteroatoms. The zero-order chi connectivity index (χ0) is 13.1. The van der Waals surface area contributed by atoms with Crippen molar-refractivity contribution >= 4 is 5.91 Å². The number of rotatable bonds is 2. The van der Waals surface area contributed by atoms with Crippen LogP contribution in [0.4, 0.5) is 0 Å². The molecule has 1 saturated heterocycles. The summed E-state index contributed by atoms with van der Waals surface area (Å²) in [6, 6.07) is 6.78. The number of nitrogens with one attached hydrogen (secondary N) is 2. The van der Waals surface area contributed by atoms with Crippen molar-refractivity contribution < 1.29 is 4.79 Å². The Morgan fingerprint density at radius 3 is 2.56 bits per heavy atom. The topological polar surface area (TPSA) is 41.1 Å². The lowest BCUT2D eigenvalue weighted by atomic mass is 10.00. The lowest BCUT2D eigenvalue weighted by Gasteiger charge is -2.28. The Balaban J connectivity index is 2.02. The van der Waals surface area contributed by atoms with Crippen LogP contribution < -0.4 is 10.6 Å². The highest BCUT2D eigenvalue weighted by Crippen LogP contribution is 2.12. The SMILES string of the molecule is Cc1cc(C)cc(C(=O)NC2CCNC(C)C2)c1. The molecule has 0 spiro atoms. The molecule has 1 aliphatic heterocycles. The number of aryl methyl sites for hydroxylation is 2. The summed E-state index contributed by atoms with van der Waals surface area (Å²) in [4.78, 5) is 12.2. The third-order valence-corrected chi connectivity index (χ3v) is 3.44. The zero-order valence-corrected chi connectivity index (χ0v) is 11.4. The lowest BCUT2D eigenvalue weighted by Crippen LogP contribution is -2.46. The molecule has 0 aliphatic carbocycles. The third-order valence-electron chi connectivity index (χ3n) is 3.44. The van der Waals surface area contributed by atoms with Crippen LogP contribution in [0.25, 0.3) is 0 Å². The van der Waals surface area contributed by atoms with Crippen LogP contribution in [0.2, 0.25) is 0 Å². The molecule has 1 aliphatic rings. The van der Waals surface area contributed by atoms with E-state index in [2.05, 4.69) is 23.6 Å². The Bertz CT molecular complexity index is 422. The molecule has 1 amide bonds. The van der Waals surface area contributed by atoms with Gasteiger partial charge in [-0.05, 0) is 52.3 Å². The number of hydrogen-bond acceptors (Lipinski definition) is 2. The van der Waals surface area contributed by atoms with E-state index in [9.17, 15) is 4.79 Å². The quantitative estimate of drug-likeness (QED) is 0.839. The van der Waals surface area contributed by atoms with E-state index in [1.165, 1.54) is 0 Å². The van der Waals surface area contributed by atoms with E-state index in [4.69, 9.17) is 0 Å². The largest absolute Gasteiger partial charge is 0.349 e. The van der Waals surface area contributed by atoms with Crippen molar-refractivity contribution in [2.75, 3.05) is 6.54 Å². The number of amides is 1. The molecule has 0 bridgehead atoms. The van der Waals surface area contributed by atoms with Gasteiger partial charge in [-0.3, -0.25) is 4.79 Å². The smallest absolute Gasteiger partial charge is 0.251 e. The van der Waals surface area contributed by atoms with E-state index in [1.807, 2.05) is 26.0 Å². The minimum Gasteiger partial charge on any atom is -0.349 e. The monoisotopic (exact) mass is 246 g/mol. The van der Waals surface area contributed by atoms with Crippen LogP contribution in [0.15, 0.2) is 18.2 Å². The summed E-state index contributed by atoms with van der Waals surface area (Å²) in [5, 5.41) is 6.53. The summed E-state index contributed by atoms with van der Waals surface area (Å²) >= 11 is 0. The second-order valence-corrected chi connectivity index (χ2v) is 5.43. The van der Waals surface area contributed by atoms with Gasteiger partial charge >= 0.3 is 0 Å². The Kier molecular flexibility index (Phi) is 4.02. The maximum absolute atomic E-state index is 12.2. The van der Waals surface area contributed by atoms with E-state index in [1.54, 1.807) is 0 Å². The van der Waals surface area contributed by atoms with Gasteiger partial charge in [-0.1, -0.05) is 17.2 Å². The summed E-state index contributed by atoms with van der Waals surface area (Å²) < 4.78 is 0. The molecule has 2 rings (SSSR count). The third kappa shape index (κ3) is 3.33. The Labute approximate surface area is 109 Å². The van der Waals surface area contributed by atoms with Crippen molar-refractivity contribution in [3.8, 4) is 0 Å². The van der Waals surface area contributed by atoms with Crippen molar-refractivity contribution in [3.63, 3.8) is 0 Å². The van der Waals surface area contributed by atoms with Gasteiger partial charge in [-0.2, -0.15) is 0 Å². The zero-order valence-electron chi connectivity index (χ0n) is 11.4. The molecule has 1 heterocycles. The van der Waals surface area contributed by atoms with Crippen molar-refractivity contribution in [1.82, 2.24) is 10.6 Å². The average molecular weight is 246 g/mol. The van der Waals surface area contributed by atoms with Gasteiger partial charge in [0.25, 0.3) is 5.91 Å². The first-order chi connectivity index (χ1) is 8.54. The van der Waals surface area contributed by atoms with Gasteiger partial charge in [-0.15, -0.1) is 0 Å². The van der Waals surface area contributed by atoms with E-state index in [0.717, 1.165) is 36.1 Å². The van der Waals surface area contributed by atoms with E-state index >= 15 is 0 Å². The number of piperidine rings is 1. The summed E-state index contributed by atoms with van der Waals surface area (Å²) in [6.45, 7) is 7.20. The standard InChI is InChI=1S/C15H22N2O/c1-10-6-11(2)8-13(7-10)15(18)17-14-4-5-16-12(3)9-14/h6-8,12,14,16H,4-5,9H2,1-3H3,(H,17,18). The highest BCUT2D eigenvalue weighted by molar-refractivity contribution is 5.94. The van der Waals surface area contributed by atoms with Crippen molar-refractivity contribution in [2.24, 2.45) is 0 Å². The fraction of sp³-hybridized carbons (Fsp3) is 0.533. The van der Waals surface area contributed by atoms with Gasteiger partial charge in [0.1, 0.15) is 0 Å². The minimum absolute atomic E-state index is 0.0564. The van der Waals surface area contributed by atoms with E-state index in [-0.39, 0.29) is 5.91 Å². The van der Waals surface area contributed by atoms with Crippen LogP contribution in [0.3, 0.4) is 0 Å². The summed E-state index contributed by atoms with van der Waals surface area (Å²) in [7, 11) is 0. The molecular weight excluding hydrogens is 224 g/mol. The Hall–Kier alpha value is -1.35. The molecule has 3 nitrogen and oxygen atoms in total. The average Bonchev–Trinajstić information content (AvgIpc) is 2.27. The number of hydrogen-bond donors (Lipinski definition) is 2. The lowest BCUT2D eigenvalue weighted by molar-refractivity contribution is 0.0925. The molecule has 18 heavy (non-hydrogen) atoms. The number of carbonyl (C=O) groups is 1. The predicted molar refractivity (Wildman–Crippen MR) is 73.9 cm³/mol.